The molecule has 3 rings (SSSR count). The van der Waals surface area contributed by atoms with Crippen molar-refractivity contribution < 1.29 is 62.3 Å². The van der Waals surface area contributed by atoms with Crippen molar-refractivity contribution in [2.24, 2.45) is 0 Å². The summed E-state index contributed by atoms with van der Waals surface area (Å²) in [6, 6.07) is 5.19. The van der Waals surface area contributed by atoms with Gasteiger partial charge in [-0.25, -0.2) is 12.8 Å². The topological polar surface area (TPSA) is 87.6 Å². The van der Waals surface area contributed by atoms with Gasteiger partial charge in [-0.05, 0) is 52.9 Å². The number of rotatable bonds is 4. The summed E-state index contributed by atoms with van der Waals surface area (Å²) in [4.78, 5) is 14.3. The van der Waals surface area contributed by atoms with Crippen LogP contribution in [0.3, 0.4) is 0 Å². The Hall–Kier alpha value is -2.74. The van der Waals surface area contributed by atoms with Gasteiger partial charge in [-0.15, -0.1) is 0 Å². The van der Waals surface area contributed by atoms with Crippen LogP contribution in [0.25, 0.3) is 10.9 Å². The first-order chi connectivity index (χ1) is 17.1. The quantitative estimate of drug-likeness (QED) is 0.147. The molecule has 0 bridgehead atoms. The zero-order valence-electron chi connectivity index (χ0n) is 17.8. The number of carbonyl (C=O) groups is 1. The summed E-state index contributed by atoms with van der Waals surface area (Å²) in [7, 11) is -6.87. The largest absolute Gasteiger partial charge is 0.501 e. The third-order valence-corrected chi connectivity index (χ3v) is 7.38. The number of nitrogens with zero attached hydrogens (tertiary/aromatic N) is 2. The van der Waals surface area contributed by atoms with Crippen LogP contribution in [0.15, 0.2) is 53.6 Å². The number of hydrogen-bond acceptors (Lipinski definition) is 5. The second-order valence-corrected chi connectivity index (χ2v) is 10.5. The number of hydroxylamine groups is 1. The Labute approximate surface area is 218 Å². The molecule has 206 valence electrons. The fourth-order valence-corrected chi connectivity index (χ4v) is 5.24. The van der Waals surface area contributed by atoms with Crippen molar-refractivity contribution in [3.05, 3.63) is 63.4 Å². The second kappa shape index (κ2) is 9.47. The van der Waals surface area contributed by atoms with Crippen LogP contribution < -0.4 is 5.06 Å². The minimum atomic E-state index is -6.87. The van der Waals surface area contributed by atoms with Crippen LogP contribution in [0.4, 0.5) is 49.6 Å². The van der Waals surface area contributed by atoms with Gasteiger partial charge in [-0.2, -0.15) is 44.6 Å². The number of hydrogen-bond donors (Lipinski definition) is 1. The minimum Gasteiger partial charge on any atom is -0.281 e. The summed E-state index contributed by atoms with van der Waals surface area (Å²) < 4.78 is 157. The fourth-order valence-electron chi connectivity index (χ4n) is 3.22. The maximum atomic E-state index is 14.6. The van der Waals surface area contributed by atoms with Crippen LogP contribution in [0.2, 0.25) is 0 Å². The molecule has 0 aliphatic rings. The van der Waals surface area contributed by atoms with E-state index in [1.807, 2.05) is 0 Å². The third-order valence-electron chi connectivity index (χ3n) is 5.06. The number of anilines is 1. The Kier molecular flexibility index (Phi) is 7.43. The maximum absolute atomic E-state index is 14.6. The highest BCUT2D eigenvalue weighted by atomic mass is 127. The number of pyridine rings is 1. The molecule has 0 saturated heterocycles. The summed E-state index contributed by atoms with van der Waals surface area (Å²) in [6.07, 6.45) is -12.3. The molecule has 0 atom stereocenters. The van der Waals surface area contributed by atoms with E-state index in [4.69, 9.17) is 0 Å². The number of alkyl halides is 10. The van der Waals surface area contributed by atoms with Crippen molar-refractivity contribution in [3.63, 3.8) is 0 Å². The smallest absolute Gasteiger partial charge is 0.281 e. The molecule has 1 amide bonds. The molecule has 0 unspecified atom stereocenters. The van der Waals surface area contributed by atoms with Crippen LogP contribution in [0.5, 0.6) is 0 Å². The summed E-state index contributed by atoms with van der Waals surface area (Å²) in [5.74, 6) is -1.64. The van der Waals surface area contributed by atoms with Gasteiger partial charge >= 0.3 is 23.5 Å². The second-order valence-electron chi connectivity index (χ2n) is 7.44. The zero-order valence-corrected chi connectivity index (χ0v) is 20.7. The number of benzene rings is 2. The van der Waals surface area contributed by atoms with Crippen molar-refractivity contribution in [1.82, 2.24) is 4.98 Å². The lowest BCUT2D eigenvalue weighted by Gasteiger charge is -2.31. The lowest BCUT2D eigenvalue weighted by Crippen LogP contribution is -2.50. The Balaban J connectivity index is 2.33. The summed E-state index contributed by atoms with van der Waals surface area (Å²) >= 11 is 0.759. The van der Waals surface area contributed by atoms with Gasteiger partial charge in [0, 0.05) is 26.3 Å². The highest BCUT2D eigenvalue weighted by molar-refractivity contribution is 14.1. The molecule has 38 heavy (non-hydrogen) atoms. The normalized spacial score (nSPS) is 13.6. The molecular formula is C20H9F10IN2O4S. The minimum absolute atomic E-state index is 0.123. The van der Waals surface area contributed by atoms with E-state index >= 15 is 0 Å². The highest BCUT2D eigenvalue weighted by Crippen LogP contribution is 2.54. The number of amides is 1. The van der Waals surface area contributed by atoms with Gasteiger partial charge < -0.3 is 0 Å². The first kappa shape index (κ1) is 29.8. The van der Waals surface area contributed by atoms with E-state index in [9.17, 15) is 62.3 Å². The van der Waals surface area contributed by atoms with E-state index in [1.165, 1.54) is 24.4 Å². The maximum Gasteiger partial charge on any atom is 0.501 e. The number of carbonyl (C=O) groups excluding carboxylic acids is 1. The Morgan fingerprint density at radius 2 is 1.47 bits per heavy atom. The molecule has 0 aliphatic carbocycles. The number of sulfone groups is 1. The lowest BCUT2D eigenvalue weighted by atomic mass is 9.94. The van der Waals surface area contributed by atoms with Crippen LogP contribution in [-0.4, -0.2) is 42.4 Å². The van der Waals surface area contributed by atoms with E-state index in [2.05, 4.69) is 4.98 Å². The summed E-state index contributed by atoms with van der Waals surface area (Å²) in [5, 5.41) is 10.1. The van der Waals surface area contributed by atoms with Crippen LogP contribution in [0, 0.1) is 3.57 Å². The van der Waals surface area contributed by atoms with E-state index in [0.29, 0.717) is 5.39 Å². The summed E-state index contributed by atoms with van der Waals surface area (Å²) in [6.45, 7) is 0. The number of aromatic nitrogens is 1. The monoisotopic (exact) mass is 690 g/mol. The molecule has 1 aromatic heterocycles. The van der Waals surface area contributed by atoms with Crippen molar-refractivity contribution in [3.8, 4) is 0 Å². The molecule has 6 nitrogen and oxygen atoms in total. The molecule has 18 heteroatoms. The van der Waals surface area contributed by atoms with Crippen LogP contribution in [0.1, 0.15) is 15.9 Å². The van der Waals surface area contributed by atoms with Crippen molar-refractivity contribution >= 4 is 54.9 Å². The van der Waals surface area contributed by atoms with Gasteiger partial charge in [-0.1, -0.05) is 12.1 Å². The fraction of sp³-hybridized carbons (Fsp3) is 0.200. The van der Waals surface area contributed by atoms with Crippen LogP contribution in [-0.2, 0) is 15.5 Å². The first-order valence-electron chi connectivity index (χ1n) is 9.50. The molecule has 0 saturated carbocycles. The van der Waals surface area contributed by atoms with Gasteiger partial charge in [0.1, 0.15) is 10.6 Å². The summed E-state index contributed by atoms with van der Waals surface area (Å²) in [5.41, 5.74) is -17.3. The first-order valence-corrected chi connectivity index (χ1v) is 12.1. The van der Waals surface area contributed by atoms with E-state index in [-0.39, 0.29) is 11.6 Å². The molecule has 1 heterocycles. The standard InChI is InChI=1S/C20H9F10IN2O4S/c21-17(18(22,23)24,19(25,26)27)11-7-12(31)15(14(8-11)38(36,37)20(28,29)30)33(35)16(34)10-4-3-9-2-1-5-32-13(9)6-10/h1-8,35H. The van der Waals surface area contributed by atoms with Crippen LogP contribution >= 0.6 is 22.6 Å². The van der Waals surface area contributed by atoms with Crippen molar-refractivity contribution in [2.75, 3.05) is 5.06 Å². The molecule has 2 aromatic carbocycles. The Bertz CT molecular complexity index is 1510. The number of halogens is 11. The Morgan fingerprint density at radius 3 is 2.00 bits per heavy atom. The molecule has 0 spiro atoms. The molecule has 0 aliphatic heterocycles. The molecule has 0 radical (unpaired) electrons. The molecule has 3 aromatic rings. The van der Waals surface area contributed by atoms with Gasteiger partial charge in [0.15, 0.2) is 0 Å². The van der Waals surface area contributed by atoms with Gasteiger partial charge in [0.2, 0.25) is 0 Å². The average molecular weight is 690 g/mol. The van der Waals surface area contributed by atoms with Crippen molar-refractivity contribution in [1.29, 1.82) is 0 Å². The van der Waals surface area contributed by atoms with E-state index < -0.39 is 75.7 Å². The third kappa shape index (κ3) is 4.88. The lowest BCUT2D eigenvalue weighted by molar-refractivity contribution is -0.348. The van der Waals surface area contributed by atoms with E-state index in [1.54, 1.807) is 0 Å². The molecule has 1 N–H and O–H groups in total. The predicted octanol–water partition coefficient (Wildman–Crippen LogP) is 6.46. The van der Waals surface area contributed by atoms with E-state index in [0.717, 1.165) is 34.7 Å². The predicted molar refractivity (Wildman–Crippen MR) is 118 cm³/mol. The van der Waals surface area contributed by atoms with Crippen molar-refractivity contribution in [2.45, 2.75) is 28.4 Å². The van der Waals surface area contributed by atoms with Gasteiger partial charge in [-0.3, -0.25) is 15.0 Å². The zero-order chi connectivity index (χ0) is 29.1. The Morgan fingerprint density at radius 1 is 0.895 bits per heavy atom. The number of fused-ring (bicyclic) bond motifs is 1. The molecule has 0 fully saturated rings. The highest BCUT2D eigenvalue weighted by Gasteiger charge is 2.74. The SMILES string of the molecule is O=C(c1ccc2cccnc2c1)N(O)c1c(I)cc(C(F)(C(F)(F)F)C(F)(F)F)cc1S(=O)(=O)C(F)(F)F. The molecular weight excluding hydrogens is 681 g/mol. The van der Waals surface area contributed by atoms with Gasteiger partial charge in [0.25, 0.3) is 15.7 Å². The van der Waals surface area contributed by atoms with Gasteiger partial charge in [0.05, 0.1) is 5.52 Å². The average Bonchev–Trinajstić information content (AvgIpc) is 2.79.